The van der Waals surface area contributed by atoms with E-state index in [2.05, 4.69) is 4.98 Å². The predicted octanol–water partition coefficient (Wildman–Crippen LogP) is 1.65. The van der Waals surface area contributed by atoms with Crippen LogP contribution in [0.5, 0.6) is 0 Å². The van der Waals surface area contributed by atoms with E-state index >= 15 is 0 Å². The molecule has 2 aromatic rings. The maximum atomic E-state index is 7.78. The first-order chi connectivity index (χ1) is 7.66. The number of nitrogens with one attached hydrogen (secondary N) is 1. The van der Waals surface area contributed by atoms with Crippen LogP contribution in [0.25, 0.3) is 0 Å². The van der Waals surface area contributed by atoms with Crippen molar-refractivity contribution in [1.82, 2.24) is 9.55 Å². The quantitative estimate of drug-likeness (QED) is 0.776. The second-order valence-corrected chi connectivity index (χ2v) is 3.82. The summed E-state index contributed by atoms with van der Waals surface area (Å²) >= 11 is 5.70. The van der Waals surface area contributed by atoms with E-state index in [1.54, 1.807) is 22.9 Å². The molecule has 0 bridgehead atoms. The summed E-state index contributed by atoms with van der Waals surface area (Å²) in [6.45, 7) is 0.564. The van der Waals surface area contributed by atoms with Crippen LogP contribution in [0, 0.1) is 5.41 Å². The number of hydrogen-bond acceptors (Lipinski definition) is 3. The van der Waals surface area contributed by atoms with E-state index in [4.69, 9.17) is 22.7 Å². The van der Waals surface area contributed by atoms with Gasteiger partial charge in [-0.3, -0.25) is 5.41 Å². The molecule has 5 heteroatoms. The highest BCUT2D eigenvalue weighted by Gasteiger charge is 1.98. The van der Waals surface area contributed by atoms with Gasteiger partial charge in [-0.2, -0.15) is 0 Å². The van der Waals surface area contributed by atoms with Crippen LogP contribution in [0.15, 0.2) is 36.7 Å². The molecule has 0 saturated heterocycles. The van der Waals surface area contributed by atoms with Crippen molar-refractivity contribution >= 4 is 17.3 Å². The molecule has 0 saturated carbocycles. The number of nitrogens with two attached hydrogens (primary N) is 1. The third-order valence-electron chi connectivity index (χ3n) is 2.24. The summed E-state index contributed by atoms with van der Waals surface area (Å²) in [6, 6.07) is 7.13. The number of nitrogen functional groups attached to an aromatic ring is 1. The predicted molar refractivity (Wildman–Crippen MR) is 63.0 cm³/mol. The second kappa shape index (κ2) is 4.37. The lowest BCUT2D eigenvalue weighted by molar-refractivity contribution is 0.732. The summed E-state index contributed by atoms with van der Waals surface area (Å²) in [5.41, 5.74) is 7.40. The van der Waals surface area contributed by atoms with Crippen LogP contribution in [0.1, 0.15) is 5.56 Å². The van der Waals surface area contributed by atoms with Gasteiger partial charge in [0, 0.05) is 12.4 Å². The van der Waals surface area contributed by atoms with Gasteiger partial charge in [0.05, 0.1) is 12.2 Å². The Bertz CT molecular complexity index is 545. The van der Waals surface area contributed by atoms with Crippen molar-refractivity contribution < 1.29 is 0 Å². The minimum atomic E-state index is 0.303. The van der Waals surface area contributed by atoms with Crippen LogP contribution in [0.4, 0.5) is 5.69 Å². The molecule has 0 unspecified atom stereocenters. The first-order valence-electron chi connectivity index (χ1n) is 4.77. The molecule has 0 amide bonds. The normalized spacial score (nSPS) is 10.3. The van der Waals surface area contributed by atoms with Gasteiger partial charge in [0.1, 0.15) is 10.6 Å². The lowest BCUT2D eigenvalue weighted by atomic mass is 10.3. The first-order valence-corrected chi connectivity index (χ1v) is 5.14. The van der Waals surface area contributed by atoms with Crippen LogP contribution in [-0.2, 0) is 6.54 Å². The summed E-state index contributed by atoms with van der Waals surface area (Å²) in [6.07, 6.45) is 3.51. The van der Waals surface area contributed by atoms with Gasteiger partial charge in [0.2, 0.25) is 0 Å². The molecule has 0 aromatic carbocycles. The van der Waals surface area contributed by atoms with Crippen molar-refractivity contribution in [2.24, 2.45) is 0 Å². The third-order valence-corrected chi connectivity index (χ3v) is 2.47. The van der Waals surface area contributed by atoms with Crippen molar-refractivity contribution in [3.8, 4) is 0 Å². The highest BCUT2D eigenvalue weighted by atomic mass is 35.5. The summed E-state index contributed by atoms with van der Waals surface area (Å²) in [5, 5.41) is 8.24. The molecular weight excluding hydrogens is 224 g/mol. The summed E-state index contributed by atoms with van der Waals surface area (Å²) in [5.74, 6) is 0. The number of halogens is 1. The Morgan fingerprint density at radius 3 is 2.88 bits per heavy atom. The Kier molecular flexibility index (Phi) is 2.92. The Balaban J connectivity index is 2.31. The molecule has 4 nitrogen and oxygen atoms in total. The highest BCUT2D eigenvalue weighted by molar-refractivity contribution is 6.29. The average molecular weight is 235 g/mol. The molecule has 3 N–H and O–H groups in total. The second-order valence-electron chi connectivity index (χ2n) is 3.43. The van der Waals surface area contributed by atoms with Crippen LogP contribution in [0.2, 0.25) is 5.15 Å². The number of aromatic nitrogens is 2. The van der Waals surface area contributed by atoms with E-state index in [1.165, 1.54) is 0 Å². The lowest BCUT2D eigenvalue weighted by Gasteiger charge is -2.07. The molecule has 0 spiro atoms. The van der Waals surface area contributed by atoms with Gasteiger partial charge in [0.25, 0.3) is 0 Å². The lowest BCUT2D eigenvalue weighted by Crippen LogP contribution is -2.22. The molecule has 82 valence electrons. The van der Waals surface area contributed by atoms with Crippen LogP contribution < -0.4 is 11.2 Å². The van der Waals surface area contributed by atoms with E-state index in [0.717, 1.165) is 5.56 Å². The smallest absolute Gasteiger partial charge is 0.148 e. The van der Waals surface area contributed by atoms with Crippen molar-refractivity contribution in [3.05, 3.63) is 52.9 Å². The van der Waals surface area contributed by atoms with Gasteiger partial charge in [-0.1, -0.05) is 17.7 Å². The van der Waals surface area contributed by atoms with Crippen LogP contribution in [-0.4, -0.2) is 9.55 Å². The summed E-state index contributed by atoms with van der Waals surface area (Å²) < 4.78 is 1.75. The van der Waals surface area contributed by atoms with Crippen molar-refractivity contribution in [2.45, 2.75) is 6.54 Å². The molecule has 16 heavy (non-hydrogen) atoms. The minimum Gasteiger partial charge on any atom is -0.396 e. The van der Waals surface area contributed by atoms with Crippen molar-refractivity contribution in [2.75, 3.05) is 5.73 Å². The Hall–Kier alpha value is -1.81. The van der Waals surface area contributed by atoms with Gasteiger partial charge >= 0.3 is 0 Å². The molecular formula is C11H11ClN4. The Morgan fingerprint density at radius 1 is 1.38 bits per heavy atom. The number of nitrogens with zero attached hydrogens (tertiary/aromatic N) is 2. The van der Waals surface area contributed by atoms with Gasteiger partial charge in [-0.05, 0) is 23.8 Å². The summed E-state index contributed by atoms with van der Waals surface area (Å²) in [7, 11) is 0. The first kappa shape index (κ1) is 10.7. The van der Waals surface area contributed by atoms with Gasteiger partial charge in [-0.15, -0.1) is 0 Å². The minimum absolute atomic E-state index is 0.303. The summed E-state index contributed by atoms with van der Waals surface area (Å²) in [4.78, 5) is 3.99. The van der Waals surface area contributed by atoms with E-state index < -0.39 is 0 Å². The average Bonchev–Trinajstić information content (AvgIpc) is 2.28. The molecule has 0 aliphatic rings. The van der Waals surface area contributed by atoms with Gasteiger partial charge < -0.3 is 10.3 Å². The fourth-order valence-corrected chi connectivity index (χ4v) is 1.51. The van der Waals surface area contributed by atoms with Crippen LogP contribution in [0.3, 0.4) is 0 Å². The SMILES string of the molecule is N=c1c(N)cccn1Cc1ccc(Cl)nc1. The monoisotopic (exact) mass is 234 g/mol. The van der Waals surface area contributed by atoms with Crippen molar-refractivity contribution in [3.63, 3.8) is 0 Å². The number of pyridine rings is 2. The van der Waals surface area contributed by atoms with E-state index in [1.807, 2.05) is 18.3 Å². The van der Waals surface area contributed by atoms with E-state index in [-0.39, 0.29) is 0 Å². The van der Waals surface area contributed by atoms with Gasteiger partial charge in [0.15, 0.2) is 0 Å². The third kappa shape index (κ3) is 2.23. The Morgan fingerprint density at radius 2 is 2.19 bits per heavy atom. The number of rotatable bonds is 2. The topological polar surface area (TPSA) is 67.7 Å². The van der Waals surface area contributed by atoms with Crippen molar-refractivity contribution in [1.29, 1.82) is 5.41 Å². The fraction of sp³-hybridized carbons (Fsp3) is 0.0909. The molecule has 0 aliphatic carbocycles. The maximum absolute atomic E-state index is 7.78. The zero-order valence-corrected chi connectivity index (χ0v) is 9.28. The zero-order chi connectivity index (χ0) is 11.5. The standard InChI is InChI=1S/C11H11ClN4/c12-10-4-3-8(6-15-10)7-16-5-1-2-9(13)11(16)14/h1-6,14H,7,13H2. The van der Waals surface area contributed by atoms with Gasteiger partial charge in [-0.25, -0.2) is 4.98 Å². The van der Waals surface area contributed by atoms with Crippen LogP contribution >= 0.6 is 11.6 Å². The molecule has 2 heterocycles. The molecule has 0 aliphatic heterocycles. The molecule has 0 atom stereocenters. The zero-order valence-electron chi connectivity index (χ0n) is 8.52. The van der Waals surface area contributed by atoms with E-state index in [0.29, 0.717) is 22.9 Å². The fourth-order valence-electron chi connectivity index (χ4n) is 1.40. The molecule has 0 radical (unpaired) electrons. The number of anilines is 1. The molecule has 2 aromatic heterocycles. The largest absolute Gasteiger partial charge is 0.396 e. The Labute approximate surface area is 97.8 Å². The highest BCUT2D eigenvalue weighted by Crippen LogP contribution is 2.06. The molecule has 0 fully saturated rings. The van der Waals surface area contributed by atoms with E-state index in [9.17, 15) is 0 Å². The molecule has 2 rings (SSSR count). The number of hydrogen-bond donors (Lipinski definition) is 2. The maximum Gasteiger partial charge on any atom is 0.148 e.